The van der Waals surface area contributed by atoms with Gasteiger partial charge in [-0.2, -0.15) is 26.3 Å². The second-order valence-electron chi connectivity index (χ2n) is 6.74. The second-order valence-corrected chi connectivity index (χ2v) is 6.74. The molecule has 1 unspecified atom stereocenters. The third kappa shape index (κ3) is 6.35. The van der Waals surface area contributed by atoms with E-state index in [9.17, 15) is 26.3 Å². The molecule has 0 rings (SSSR count). The van der Waals surface area contributed by atoms with Gasteiger partial charge in [-0.05, 0) is 23.7 Å². The van der Waals surface area contributed by atoms with Gasteiger partial charge in [0.15, 0.2) is 5.92 Å². The summed E-state index contributed by atoms with van der Waals surface area (Å²) in [5.74, 6) is -4.41. The lowest BCUT2D eigenvalue weighted by Crippen LogP contribution is -2.41. The van der Waals surface area contributed by atoms with Crippen molar-refractivity contribution in [3.05, 3.63) is 0 Å². The molecular weight excluding hydrogens is 282 g/mol. The summed E-state index contributed by atoms with van der Waals surface area (Å²) in [6.45, 7) is 9.03. The highest BCUT2D eigenvalue weighted by Crippen LogP contribution is 2.45. The third-order valence-corrected chi connectivity index (χ3v) is 4.05. The maximum absolute atomic E-state index is 12.5. The molecule has 0 aliphatic carbocycles. The van der Waals surface area contributed by atoms with Crippen LogP contribution in [0, 0.1) is 23.2 Å². The Labute approximate surface area is 116 Å². The van der Waals surface area contributed by atoms with Crippen LogP contribution in [-0.2, 0) is 0 Å². The van der Waals surface area contributed by atoms with Gasteiger partial charge in [-0.15, -0.1) is 0 Å². The molecule has 0 radical (unpaired) electrons. The van der Waals surface area contributed by atoms with Crippen LogP contribution >= 0.6 is 0 Å². The van der Waals surface area contributed by atoms with Crippen LogP contribution in [0.5, 0.6) is 0 Å². The molecule has 0 nitrogen and oxygen atoms in total. The number of rotatable bonds is 5. The minimum atomic E-state index is -5.23. The van der Waals surface area contributed by atoms with E-state index < -0.39 is 24.2 Å². The Bertz CT molecular complexity index is 270. The summed E-state index contributed by atoms with van der Waals surface area (Å²) in [5, 5.41) is 0. The molecule has 0 saturated heterocycles. The smallest absolute Gasteiger partial charge is 0.170 e. The summed E-state index contributed by atoms with van der Waals surface area (Å²) in [4.78, 5) is 0. The molecule has 0 aliphatic heterocycles. The highest BCUT2D eigenvalue weighted by Gasteiger charge is 2.58. The first-order valence-electron chi connectivity index (χ1n) is 6.80. The van der Waals surface area contributed by atoms with Crippen molar-refractivity contribution in [3.8, 4) is 0 Å². The quantitative estimate of drug-likeness (QED) is 0.529. The standard InChI is InChI=1S/C14H24F6/c1-9(7-6-8-10(2)12(3,4)5)11(13(15,16)17)14(18,19)20/h9-11H,6-8H2,1-5H3/t9-,10?/m1/s1. The van der Waals surface area contributed by atoms with Gasteiger partial charge in [0.1, 0.15) is 0 Å². The van der Waals surface area contributed by atoms with Crippen molar-refractivity contribution in [2.45, 2.75) is 66.2 Å². The largest absolute Gasteiger partial charge is 0.400 e. The van der Waals surface area contributed by atoms with Gasteiger partial charge in [0.2, 0.25) is 0 Å². The lowest BCUT2D eigenvalue weighted by molar-refractivity contribution is -0.297. The average molecular weight is 306 g/mol. The zero-order valence-corrected chi connectivity index (χ0v) is 12.6. The van der Waals surface area contributed by atoms with Crippen molar-refractivity contribution in [1.82, 2.24) is 0 Å². The lowest BCUT2D eigenvalue weighted by atomic mass is 9.78. The van der Waals surface area contributed by atoms with Crippen molar-refractivity contribution < 1.29 is 26.3 Å². The van der Waals surface area contributed by atoms with E-state index in [1.807, 2.05) is 27.7 Å². The average Bonchev–Trinajstić information content (AvgIpc) is 2.10. The first-order valence-corrected chi connectivity index (χ1v) is 6.80. The third-order valence-electron chi connectivity index (χ3n) is 4.05. The first kappa shape index (κ1) is 19.6. The predicted molar refractivity (Wildman–Crippen MR) is 67.2 cm³/mol. The van der Waals surface area contributed by atoms with Crippen molar-refractivity contribution in [2.24, 2.45) is 23.2 Å². The fourth-order valence-corrected chi connectivity index (χ4v) is 2.18. The van der Waals surface area contributed by atoms with Crippen molar-refractivity contribution in [3.63, 3.8) is 0 Å². The Morgan fingerprint density at radius 1 is 0.750 bits per heavy atom. The van der Waals surface area contributed by atoms with E-state index in [1.54, 1.807) is 0 Å². The number of hydrogen-bond acceptors (Lipinski definition) is 0. The molecule has 0 aliphatic rings. The fourth-order valence-electron chi connectivity index (χ4n) is 2.18. The monoisotopic (exact) mass is 306 g/mol. The minimum absolute atomic E-state index is 0.0106. The molecule has 20 heavy (non-hydrogen) atoms. The van der Waals surface area contributed by atoms with Gasteiger partial charge in [-0.3, -0.25) is 0 Å². The molecule has 0 amide bonds. The Kier molecular flexibility index (Phi) is 6.42. The maximum atomic E-state index is 12.5. The molecule has 0 saturated carbocycles. The highest BCUT2D eigenvalue weighted by molar-refractivity contribution is 4.80. The Morgan fingerprint density at radius 2 is 1.15 bits per heavy atom. The highest BCUT2D eigenvalue weighted by atomic mass is 19.4. The summed E-state index contributed by atoms with van der Waals surface area (Å²) in [6.07, 6.45) is -9.51. The van der Waals surface area contributed by atoms with Gasteiger partial charge in [-0.25, -0.2) is 0 Å². The fraction of sp³-hybridized carbons (Fsp3) is 1.00. The van der Waals surface area contributed by atoms with Gasteiger partial charge < -0.3 is 0 Å². The normalized spacial score (nSPS) is 17.4. The van der Waals surface area contributed by atoms with Crippen LogP contribution in [0.2, 0.25) is 0 Å². The molecule has 2 atom stereocenters. The maximum Gasteiger partial charge on any atom is 0.400 e. The zero-order valence-electron chi connectivity index (χ0n) is 12.6. The van der Waals surface area contributed by atoms with E-state index in [0.29, 0.717) is 12.8 Å². The van der Waals surface area contributed by atoms with Gasteiger partial charge in [-0.1, -0.05) is 47.5 Å². The van der Waals surface area contributed by atoms with Gasteiger partial charge in [0.25, 0.3) is 0 Å². The SMILES string of the molecule is CC(CCC[C@@H](C)C(C(F)(F)F)C(F)(F)F)C(C)(C)C. The second kappa shape index (κ2) is 6.56. The van der Waals surface area contributed by atoms with Crippen molar-refractivity contribution in [1.29, 1.82) is 0 Å². The lowest BCUT2D eigenvalue weighted by Gasteiger charge is -2.30. The molecule has 0 fully saturated rings. The zero-order chi connectivity index (χ0) is 16.4. The van der Waals surface area contributed by atoms with Crippen molar-refractivity contribution >= 4 is 0 Å². The molecule has 0 bridgehead atoms. The van der Waals surface area contributed by atoms with E-state index in [4.69, 9.17) is 0 Å². The van der Waals surface area contributed by atoms with Gasteiger partial charge >= 0.3 is 12.4 Å². The summed E-state index contributed by atoms with van der Waals surface area (Å²) in [7, 11) is 0. The van der Waals surface area contributed by atoms with Crippen LogP contribution < -0.4 is 0 Å². The first-order chi connectivity index (χ1) is 8.67. The molecule has 0 aromatic rings. The van der Waals surface area contributed by atoms with Crippen LogP contribution in [0.4, 0.5) is 26.3 Å². The van der Waals surface area contributed by atoms with Crippen LogP contribution in [0.1, 0.15) is 53.9 Å². The van der Waals surface area contributed by atoms with Crippen LogP contribution in [-0.4, -0.2) is 12.4 Å². The van der Waals surface area contributed by atoms with E-state index in [-0.39, 0.29) is 17.8 Å². The molecule has 0 spiro atoms. The Hall–Kier alpha value is -0.420. The predicted octanol–water partition coefficient (Wildman–Crippen LogP) is 6.22. The Morgan fingerprint density at radius 3 is 1.45 bits per heavy atom. The summed E-state index contributed by atoms with van der Waals surface area (Å²) >= 11 is 0. The summed E-state index contributed by atoms with van der Waals surface area (Å²) < 4.78 is 75.1. The van der Waals surface area contributed by atoms with Crippen LogP contribution in [0.25, 0.3) is 0 Å². The number of hydrogen-bond donors (Lipinski definition) is 0. The van der Waals surface area contributed by atoms with Crippen LogP contribution in [0.15, 0.2) is 0 Å². The summed E-state index contributed by atoms with van der Waals surface area (Å²) in [6, 6.07) is 0. The van der Waals surface area contributed by atoms with Gasteiger partial charge in [0.05, 0.1) is 0 Å². The van der Waals surface area contributed by atoms with E-state index in [1.165, 1.54) is 0 Å². The molecule has 0 N–H and O–H groups in total. The Balaban J connectivity index is 4.55. The molecule has 0 aromatic heterocycles. The van der Waals surface area contributed by atoms with E-state index >= 15 is 0 Å². The van der Waals surface area contributed by atoms with Crippen molar-refractivity contribution in [2.75, 3.05) is 0 Å². The molecule has 122 valence electrons. The molecule has 6 heteroatoms. The van der Waals surface area contributed by atoms with Gasteiger partial charge in [0, 0.05) is 0 Å². The number of alkyl halides is 6. The molecule has 0 aromatic carbocycles. The van der Waals surface area contributed by atoms with E-state index in [2.05, 4.69) is 0 Å². The van der Waals surface area contributed by atoms with E-state index in [0.717, 1.165) is 6.92 Å². The topological polar surface area (TPSA) is 0 Å². The summed E-state index contributed by atoms with van der Waals surface area (Å²) in [5.41, 5.74) is 0.0106. The number of halogens is 6. The molecular formula is C14H24F6. The van der Waals surface area contributed by atoms with Crippen LogP contribution in [0.3, 0.4) is 0 Å². The molecule has 0 heterocycles. The minimum Gasteiger partial charge on any atom is -0.170 e.